The minimum Gasteiger partial charge on any atom is -0.307 e. The fourth-order valence-electron chi connectivity index (χ4n) is 2.78. The van der Waals surface area contributed by atoms with Crippen molar-refractivity contribution >= 4 is 18.3 Å². The summed E-state index contributed by atoms with van der Waals surface area (Å²) >= 11 is 0. The van der Waals surface area contributed by atoms with Gasteiger partial charge < -0.3 is 9.69 Å². The number of benzene rings is 1. The monoisotopic (exact) mass is 321 g/mol. The molecule has 0 saturated heterocycles. The number of fused-ring (bicyclic) bond motifs is 1. The van der Waals surface area contributed by atoms with Crippen molar-refractivity contribution in [1.29, 1.82) is 0 Å². The number of hydrogen-bond acceptors (Lipinski definition) is 2. The Morgan fingerprint density at radius 2 is 1.92 bits per heavy atom. The molecular formula is C21H23NO2. The summed E-state index contributed by atoms with van der Waals surface area (Å²) in [5.74, 6) is 0.0419. The summed E-state index contributed by atoms with van der Waals surface area (Å²) in [6.45, 7) is 8.24. The molecule has 0 unspecified atom stereocenters. The maximum Gasteiger partial charge on any atom is 0.227 e. The van der Waals surface area contributed by atoms with Crippen molar-refractivity contribution in [3.8, 4) is 0 Å². The van der Waals surface area contributed by atoms with Gasteiger partial charge in [-0.25, -0.2) is 0 Å². The zero-order valence-corrected chi connectivity index (χ0v) is 13.9. The lowest BCUT2D eigenvalue weighted by atomic mass is 10.0. The third kappa shape index (κ3) is 4.19. The van der Waals surface area contributed by atoms with Crippen LogP contribution in [0.5, 0.6) is 0 Å². The van der Waals surface area contributed by atoms with Gasteiger partial charge in [0.05, 0.1) is 12.2 Å². The van der Waals surface area contributed by atoms with Gasteiger partial charge in [-0.3, -0.25) is 4.79 Å². The molecule has 0 N–H and O–H groups in total. The molecule has 0 aliphatic carbocycles. The van der Waals surface area contributed by atoms with Crippen LogP contribution in [-0.2, 0) is 16.1 Å². The average molecular weight is 321 g/mol. The summed E-state index contributed by atoms with van der Waals surface area (Å²) in [5.41, 5.74) is 3.84. The van der Waals surface area contributed by atoms with Gasteiger partial charge in [-0.1, -0.05) is 55.7 Å². The molecule has 1 aliphatic rings. The topological polar surface area (TPSA) is 37.4 Å². The van der Waals surface area contributed by atoms with Crippen molar-refractivity contribution in [2.24, 2.45) is 0 Å². The van der Waals surface area contributed by atoms with E-state index in [4.69, 9.17) is 0 Å². The van der Waals surface area contributed by atoms with Gasteiger partial charge in [0.25, 0.3) is 0 Å². The normalized spacial score (nSPS) is 13.8. The number of nitrogens with zero attached hydrogens (tertiary/aromatic N) is 1. The number of carbonyl (C=O) groups excluding carboxylic acids is 2. The number of amides is 1. The van der Waals surface area contributed by atoms with Crippen LogP contribution in [0.15, 0.2) is 66.9 Å². The molecule has 3 nitrogen and oxygen atoms in total. The molecule has 0 saturated carbocycles. The first-order valence-electron chi connectivity index (χ1n) is 8.20. The fraction of sp³-hybridized carbons (Fsp3) is 0.238. The molecule has 1 aliphatic heterocycles. The molecule has 2 rings (SSSR count). The number of allylic oxidation sites excluding steroid dienone is 4. The summed E-state index contributed by atoms with van der Waals surface area (Å²) in [7, 11) is 0. The Balaban J connectivity index is 2.34. The minimum atomic E-state index is 0.0419. The van der Waals surface area contributed by atoms with Crippen molar-refractivity contribution in [2.45, 2.75) is 32.2 Å². The molecular weight excluding hydrogens is 298 g/mol. The Bertz CT molecular complexity index is 698. The van der Waals surface area contributed by atoms with Gasteiger partial charge in [-0.2, -0.15) is 0 Å². The van der Waals surface area contributed by atoms with Crippen LogP contribution in [-0.4, -0.2) is 17.1 Å². The van der Waals surface area contributed by atoms with E-state index in [1.54, 1.807) is 17.1 Å². The maximum atomic E-state index is 12.8. The zero-order chi connectivity index (χ0) is 17.4. The predicted molar refractivity (Wildman–Crippen MR) is 98.0 cm³/mol. The lowest BCUT2D eigenvalue weighted by molar-refractivity contribution is -0.129. The maximum absolute atomic E-state index is 12.8. The van der Waals surface area contributed by atoms with E-state index in [9.17, 15) is 9.59 Å². The second-order valence-corrected chi connectivity index (χ2v) is 5.67. The molecule has 24 heavy (non-hydrogen) atoms. The summed E-state index contributed by atoms with van der Waals surface area (Å²) in [5, 5.41) is 0. The number of rotatable bonds is 7. The second kappa shape index (κ2) is 8.82. The highest BCUT2D eigenvalue weighted by Gasteiger charge is 2.20. The fourth-order valence-corrected chi connectivity index (χ4v) is 2.78. The molecule has 1 aromatic carbocycles. The predicted octanol–water partition coefficient (Wildman–Crippen LogP) is 4.43. The first-order chi connectivity index (χ1) is 11.7. The van der Waals surface area contributed by atoms with E-state index >= 15 is 0 Å². The minimum absolute atomic E-state index is 0.0419. The highest BCUT2D eigenvalue weighted by molar-refractivity contribution is 5.80. The summed E-state index contributed by atoms with van der Waals surface area (Å²) in [6, 6.07) is 8.04. The molecule has 0 radical (unpaired) electrons. The van der Waals surface area contributed by atoms with Crippen LogP contribution >= 0.6 is 0 Å². The highest BCUT2D eigenvalue weighted by Crippen LogP contribution is 2.25. The Labute approximate surface area is 143 Å². The van der Waals surface area contributed by atoms with Gasteiger partial charge in [0.2, 0.25) is 5.91 Å². The highest BCUT2D eigenvalue weighted by atomic mass is 16.2. The van der Waals surface area contributed by atoms with Crippen molar-refractivity contribution in [1.82, 2.24) is 4.90 Å². The van der Waals surface area contributed by atoms with Crippen LogP contribution in [0.4, 0.5) is 0 Å². The molecule has 0 bridgehead atoms. The average Bonchev–Trinajstić information content (AvgIpc) is 2.59. The molecule has 1 amide bonds. The van der Waals surface area contributed by atoms with Crippen LogP contribution in [0, 0.1) is 0 Å². The van der Waals surface area contributed by atoms with E-state index in [-0.39, 0.29) is 5.91 Å². The molecule has 124 valence electrons. The van der Waals surface area contributed by atoms with Gasteiger partial charge in [0.15, 0.2) is 0 Å². The molecule has 3 heteroatoms. The number of aldehydes is 1. The van der Waals surface area contributed by atoms with Gasteiger partial charge in [0, 0.05) is 12.8 Å². The van der Waals surface area contributed by atoms with E-state index in [0.29, 0.717) is 25.8 Å². The van der Waals surface area contributed by atoms with Crippen molar-refractivity contribution < 1.29 is 9.59 Å². The summed E-state index contributed by atoms with van der Waals surface area (Å²) < 4.78 is 0. The van der Waals surface area contributed by atoms with Crippen molar-refractivity contribution in [3.05, 3.63) is 78.0 Å². The van der Waals surface area contributed by atoms with Crippen LogP contribution in [0.1, 0.15) is 36.8 Å². The third-order valence-electron chi connectivity index (χ3n) is 4.09. The van der Waals surface area contributed by atoms with Crippen LogP contribution in [0.2, 0.25) is 0 Å². The Morgan fingerprint density at radius 3 is 2.62 bits per heavy atom. The Hall–Kier alpha value is -2.68. The zero-order valence-electron chi connectivity index (χ0n) is 13.9. The van der Waals surface area contributed by atoms with E-state index in [1.807, 2.05) is 36.4 Å². The lowest BCUT2D eigenvalue weighted by Crippen LogP contribution is -2.30. The van der Waals surface area contributed by atoms with Gasteiger partial charge in [0.1, 0.15) is 6.29 Å². The summed E-state index contributed by atoms with van der Waals surface area (Å²) in [4.78, 5) is 25.0. The molecule has 0 fully saturated rings. The number of carbonyl (C=O) groups is 2. The quantitative estimate of drug-likeness (QED) is 0.550. The van der Waals surface area contributed by atoms with Gasteiger partial charge in [-0.15, -0.1) is 0 Å². The molecule has 0 atom stereocenters. The van der Waals surface area contributed by atoms with E-state index in [1.165, 1.54) is 0 Å². The van der Waals surface area contributed by atoms with E-state index < -0.39 is 0 Å². The van der Waals surface area contributed by atoms with E-state index in [0.717, 1.165) is 35.1 Å². The first-order valence-corrected chi connectivity index (χ1v) is 8.20. The van der Waals surface area contributed by atoms with Crippen LogP contribution in [0.25, 0.3) is 6.08 Å². The third-order valence-corrected chi connectivity index (χ3v) is 4.09. The largest absolute Gasteiger partial charge is 0.307 e. The second-order valence-electron chi connectivity index (χ2n) is 5.67. The SMILES string of the molecule is C=CC1=C(C=C)N(C(=O)CCCCC=O)Cc2ccccc2C=C1. The smallest absolute Gasteiger partial charge is 0.227 e. The Kier molecular flexibility index (Phi) is 6.50. The van der Waals surface area contributed by atoms with E-state index in [2.05, 4.69) is 13.2 Å². The molecule has 1 heterocycles. The summed E-state index contributed by atoms with van der Waals surface area (Å²) in [6.07, 6.45) is 10.7. The molecule has 0 spiro atoms. The molecule has 0 aromatic heterocycles. The van der Waals surface area contributed by atoms with Crippen molar-refractivity contribution in [2.75, 3.05) is 0 Å². The molecule has 1 aromatic rings. The standard InChI is InChI=1S/C21H23NO2/c1-3-17-13-14-18-10-7-8-11-19(18)16-22(20(17)4-2)21(24)12-6-5-9-15-23/h3-4,7-8,10-11,13-15H,1-2,5-6,9,12,16H2. The van der Waals surface area contributed by atoms with Gasteiger partial charge >= 0.3 is 0 Å². The van der Waals surface area contributed by atoms with Crippen molar-refractivity contribution in [3.63, 3.8) is 0 Å². The van der Waals surface area contributed by atoms with Crippen LogP contribution < -0.4 is 0 Å². The lowest BCUT2D eigenvalue weighted by Gasteiger charge is -2.27. The van der Waals surface area contributed by atoms with Gasteiger partial charge in [-0.05, 0) is 35.6 Å². The Morgan fingerprint density at radius 1 is 1.12 bits per heavy atom. The first kappa shape index (κ1) is 17.7. The van der Waals surface area contributed by atoms with Crippen LogP contribution in [0.3, 0.4) is 0 Å². The number of unbranched alkanes of at least 4 members (excludes halogenated alkanes) is 2. The number of hydrogen-bond donors (Lipinski definition) is 0.